The Hall–Kier alpha value is -3.07. The lowest BCUT2D eigenvalue weighted by Crippen LogP contribution is -2.44. The molecule has 148 valence electrons. The quantitative estimate of drug-likeness (QED) is 0.810. The van der Waals surface area contributed by atoms with E-state index in [2.05, 4.69) is 32.5 Å². The number of nitrogens with zero attached hydrogens (tertiary/aromatic N) is 3. The van der Waals surface area contributed by atoms with E-state index < -0.39 is 23.4 Å². The number of hydrogen-bond donors (Lipinski definition) is 2. The summed E-state index contributed by atoms with van der Waals surface area (Å²) in [5.41, 5.74) is 0.164. The Labute approximate surface area is 161 Å². The molecule has 0 radical (unpaired) electrons. The highest BCUT2D eigenvalue weighted by Gasteiger charge is 2.16. The molecule has 1 aliphatic rings. The van der Waals surface area contributed by atoms with Crippen LogP contribution in [-0.4, -0.2) is 61.5 Å². The number of pyridine rings is 1. The fraction of sp³-hybridized carbons (Fsp3) is 0.316. The monoisotopic (exact) mass is 389 g/mol. The highest BCUT2D eigenvalue weighted by Crippen LogP contribution is 2.16. The average Bonchev–Trinajstić information content (AvgIpc) is 2.67. The van der Waals surface area contributed by atoms with E-state index in [1.807, 2.05) is 6.07 Å². The molecule has 3 rings (SSSR count). The van der Waals surface area contributed by atoms with Crippen LogP contribution in [0.15, 0.2) is 36.5 Å². The predicted octanol–water partition coefficient (Wildman–Crippen LogP) is 1.48. The largest absolute Gasteiger partial charge is 0.354 e. The van der Waals surface area contributed by atoms with Gasteiger partial charge in [0.25, 0.3) is 5.91 Å². The Kier molecular flexibility index (Phi) is 6.15. The molecule has 2 amide bonds. The third kappa shape index (κ3) is 5.01. The molecule has 2 N–H and O–H groups in total. The van der Waals surface area contributed by atoms with Gasteiger partial charge in [0, 0.05) is 32.2 Å². The Balaban J connectivity index is 1.50. The van der Waals surface area contributed by atoms with Gasteiger partial charge in [-0.05, 0) is 31.3 Å². The molecule has 0 bridgehead atoms. The molecule has 0 unspecified atom stereocenters. The Morgan fingerprint density at radius 1 is 1.11 bits per heavy atom. The van der Waals surface area contributed by atoms with Crippen molar-refractivity contribution in [1.29, 1.82) is 0 Å². The van der Waals surface area contributed by atoms with Crippen molar-refractivity contribution in [2.45, 2.75) is 0 Å². The summed E-state index contributed by atoms with van der Waals surface area (Å²) in [6, 6.07) is 6.18. The van der Waals surface area contributed by atoms with Gasteiger partial charge in [0.1, 0.15) is 17.5 Å². The minimum absolute atomic E-state index is 0.326. The molecule has 7 nitrogen and oxygen atoms in total. The van der Waals surface area contributed by atoms with Crippen molar-refractivity contribution in [1.82, 2.24) is 15.2 Å². The van der Waals surface area contributed by atoms with Crippen LogP contribution < -0.4 is 15.5 Å². The van der Waals surface area contributed by atoms with Crippen molar-refractivity contribution in [3.05, 3.63) is 53.7 Å². The summed E-state index contributed by atoms with van der Waals surface area (Å²) in [4.78, 5) is 32.7. The van der Waals surface area contributed by atoms with E-state index in [1.54, 1.807) is 12.3 Å². The average molecular weight is 389 g/mol. The number of nitrogens with one attached hydrogen (secondary N) is 2. The Morgan fingerprint density at radius 2 is 1.86 bits per heavy atom. The number of benzene rings is 1. The van der Waals surface area contributed by atoms with Gasteiger partial charge in [0.15, 0.2) is 0 Å². The zero-order valence-electron chi connectivity index (χ0n) is 15.4. The van der Waals surface area contributed by atoms with Gasteiger partial charge < -0.3 is 20.4 Å². The second kappa shape index (κ2) is 8.75. The van der Waals surface area contributed by atoms with Crippen molar-refractivity contribution in [2.75, 3.05) is 50.0 Å². The smallest absolute Gasteiger partial charge is 0.254 e. The van der Waals surface area contributed by atoms with Crippen molar-refractivity contribution in [3.63, 3.8) is 0 Å². The maximum Gasteiger partial charge on any atom is 0.254 e. The fourth-order valence-corrected chi connectivity index (χ4v) is 2.82. The Bertz CT molecular complexity index is 852. The molecule has 28 heavy (non-hydrogen) atoms. The normalized spacial score (nSPS) is 14.6. The van der Waals surface area contributed by atoms with E-state index in [-0.39, 0.29) is 12.1 Å². The second-order valence-corrected chi connectivity index (χ2v) is 6.55. The zero-order valence-corrected chi connectivity index (χ0v) is 15.4. The molecule has 0 saturated carbocycles. The number of likely N-dealkylation sites (N-methyl/N-ethyl adjacent to an activating group) is 1. The van der Waals surface area contributed by atoms with Gasteiger partial charge >= 0.3 is 0 Å². The van der Waals surface area contributed by atoms with E-state index in [1.165, 1.54) is 0 Å². The van der Waals surface area contributed by atoms with E-state index in [0.717, 1.165) is 44.1 Å². The molecule has 1 aromatic heterocycles. The van der Waals surface area contributed by atoms with Crippen LogP contribution in [0, 0.1) is 11.6 Å². The molecule has 2 aromatic rings. The van der Waals surface area contributed by atoms with Crippen LogP contribution in [0.25, 0.3) is 0 Å². The molecular formula is C19H21F2N5O2. The number of carbonyl (C=O) groups is 2. The molecule has 0 spiro atoms. The van der Waals surface area contributed by atoms with Crippen LogP contribution >= 0.6 is 0 Å². The highest BCUT2D eigenvalue weighted by molar-refractivity contribution is 5.99. The molecule has 0 atom stereocenters. The summed E-state index contributed by atoms with van der Waals surface area (Å²) >= 11 is 0. The lowest BCUT2D eigenvalue weighted by molar-refractivity contribution is -0.115. The number of carbonyl (C=O) groups excluding carboxylic acids is 2. The molecule has 9 heteroatoms. The third-order valence-electron chi connectivity index (χ3n) is 4.44. The first-order chi connectivity index (χ1) is 13.4. The van der Waals surface area contributed by atoms with E-state index >= 15 is 0 Å². The van der Waals surface area contributed by atoms with Gasteiger partial charge in [-0.1, -0.05) is 0 Å². The van der Waals surface area contributed by atoms with Crippen LogP contribution in [0.4, 0.5) is 20.3 Å². The number of rotatable bonds is 5. The maximum atomic E-state index is 13.6. The number of amides is 2. The topological polar surface area (TPSA) is 77.6 Å². The van der Waals surface area contributed by atoms with E-state index in [4.69, 9.17) is 0 Å². The van der Waals surface area contributed by atoms with Crippen LogP contribution in [0.5, 0.6) is 0 Å². The summed E-state index contributed by atoms with van der Waals surface area (Å²) in [6.45, 7) is 3.36. The summed E-state index contributed by atoms with van der Waals surface area (Å²) in [6.07, 6.45) is 1.55. The standard InChI is InChI=1S/C19H21F2N5O2/c1-25-6-8-26(9-7-25)17-5-3-14(11-22-17)24-18(27)12-23-19(28)15-4-2-13(20)10-16(15)21/h2-5,10-11H,6-9,12H2,1H3,(H,23,28)(H,24,27). The van der Waals surface area contributed by atoms with Gasteiger partial charge in [-0.2, -0.15) is 0 Å². The van der Waals surface area contributed by atoms with Crippen LogP contribution in [0.2, 0.25) is 0 Å². The number of piperazine rings is 1. The van der Waals surface area contributed by atoms with Crippen molar-refractivity contribution >= 4 is 23.3 Å². The van der Waals surface area contributed by atoms with Gasteiger partial charge in [0.2, 0.25) is 5.91 Å². The lowest BCUT2D eigenvalue weighted by atomic mass is 10.2. The Morgan fingerprint density at radius 3 is 2.50 bits per heavy atom. The van der Waals surface area contributed by atoms with Crippen LogP contribution in [0.3, 0.4) is 0 Å². The van der Waals surface area contributed by atoms with Gasteiger partial charge in [-0.3, -0.25) is 9.59 Å². The summed E-state index contributed by atoms with van der Waals surface area (Å²) in [5, 5.41) is 4.91. The zero-order chi connectivity index (χ0) is 20.1. The molecule has 1 aromatic carbocycles. The summed E-state index contributed by atoms with van der Waals surface area (Å²) in [5.74, 6) is -2.20. The van der Waals surface area contributed by atoms with E-state index in [0.29, 0.717) is 11.8 Å². The first-order valence-corrected chi connectivity index (χ1v) is 8.85. The van der Waals surface area contributed by atoms with Crippen molar-refractivity contribution in [3.8, 4) is 0 Å². The maximum absolute atomic E-state index is 13.6. The van der Waals surface area contributed by atoms with Crippen LogP contribution in [-0.2, 0) is 4.79 Å². The van der Waals surface area contributed by atoms with Crippen LogP contribution in [0.1, 0.15) is 10.4 Å². The number of hydrogen-bond acceptors (Lipinski definition) is 5. The number of aromatic nitrogens is 1. The first kappa shape index (κ1) is 19.7. The minimum atomic E-state index is -0.985. The third-order valence-corrected chi connectivity index (χ3v) is 4.44. The minimum Gasteiger partial charge on any atom is -0.354 e. The van der Waals surface area contributed by atoms with Gasteiger partial charge in [-0.25, -0.2) is 13.8 Å². The molecular weight excluding hydrogens is 368 g/mol. The second-order valence-electron chi connectivity index (χ2n) is 6.55. The van der Waals surface area contributed by atoms with E-state index in [9.17, 15) is 18.4 Å². The number of halogens is 2. The SMILES string of the molecule is CN1CCN(c2ccc(NC(=O)CNC(=O)c3ccc(F)cc3F)cn2)CC1. The molecule has 1 aliphatic heterocycles. The molecule has 2 heterocycles. The van der Waals surface area contributed by atoms with Gasteiger partial charge in [-0.15, -0.1) is 0 Å². The van der Waals surface area contributed by atoms with Crippen molar-refractivity contribution < 1.29 is 18.4 Å². The summed E-state index contributed by atoms with van der Waals surface area (Å²) in [7, 11) is 2.08. The number of anilines is 2. The molecule has 1 fully saturated rings. The fourth-order valence-electron chi connectivity index (χ4n) is 2.82. The molecule has 1 saturated heterocycles. The predicted molar refractivity (Wildman–Crippen MR) is 101 cm³/mol. The summed E-state index contributed by atoms with van der Waals surface area (Å²) < 4.78 is 26.5. The molecule has 0 aliphatic carbocycles. The van der Waals surface area contributed by atoms with Gasteiger partial charge in [0.05, 0.1) is 24.0 Å². The first-order valence-electron chi connectivity index (χ1n) is 8.85. The highest BCUT2D eigenvalue weighted by atomic mass is 19.1. The lowest BCUT2D eigenvalue weighted by Gasteiger charge is -2.33. The van der Waals surface area contributed by atoms with Crippen molar-refractivity contribution in [2.24, 2.45) is 0 Å².